The van der Waals surface area contributed by atoms with Crippen LogP contribution in [0, 0.1) is 11.3 Å². The van der Waals surface area contributed by atoms with Crippen LogP contribution in [0.25, 0.3) is 0 Å². The SMILES string of the molecule is CCC(NC)c1ccc(N(C)c2cccc(C#N)c2)cn1. The zero-order chi connectivity index (χ0) is 15.2. The fraction of sp³-hybridized carbons (Fsp3) is 0.294. The molecule has 2 aromatic rings. The fourth-order valence-electron chi connectivity index (χ4n) is 2.30. The molecule has 21 heavy (non-hydrogen) atoms. The Morgan fingerprint density at radius 2 is 2.10 bits per heavy atom. The molecule has 1 unspecified atom stereocenters. The van der Waals surface area contributed by atoms with E-state index in [2.05, 4.69) is 29.4 Å². The number of nitrogens with zero attached hydrogens (tertiary/aromatic N) is 3. The van der Waals surface area contributed by atoms with Gasteiger partial charge in [-0.1, -0.05) is 13.0 Å². The van der Waals surface area contributed by atoms with Crippen LogP contribution in [-0.4, -0.2) is 19.1 Å². The van der Waals surface area contributed by atoms with Gasteiger partial charge >= 0.3 is 0 Å². The van der Waals surface area contributed by atoms with Crippen molar-refractivity contribution in [1.29, 1.82) is 5.26 Å². The minimum Gasteiger partial charge on any atom is -0.343 e. The minimum absolute atomic E-state index is 0.284. The Kier molecular flexibility index (Phi) is 4.91. The first-order valence-corrected chi connectivity index (χ1v) is 7.06. The summed E-state index contributed by atoms with van der Waals surface area (Å²) in [5.74, 6) is 0. The van der Waals surface area contributed by atoms with E-state index in [0.717, 1.165) is 23.5 Å². The number of pyridine rings is 1. The van der Waals surface area contributed by atoms with E-state index in [0.29, 0.717) is 5.56 Å². The van der Waals surface area contributed by atoms with E-state index in [9.17, 15) is 0 Å². The molecule has 1 heterocycles. The van der Waals surface area contributed by atoms with Crippen LogP contribution in [0.4, 0.5) is 11.4 Å². The lowest BCUT2D eigenvalue weighted by molar-refractivity contribution is 0.562. The van der Waals surface area contributed by atoms with Crippen LogP contribution in [-0.2, 0) is 0 Å². The highest BCUT2D eigenvalue weighted by Gasteiger charge is 2.10. The second-order valence-electron chi connectivity index (χ2n) is 4.91. The maximum atomic E-state index is 8.98. The summed E-state index contributed by atoms with van der Waals surface area (Å²) in [6, 6.07) is 14.1. The lowest BCUT2D eigenvalue weighted by Gasteiger charge is -2.20. The molecule has 1 aromatic carbocycles. The van der Waals surface area contributed by atoms with Crippen LogP contribution in [0.5, 0.6) is 0 Å². The molecule has 0 fully saturated rings. The number of aromatic nitrogens is 1. The maximum Gasteiger partial charge on any atom is 0.0992 e. The molecule has 1 aromatic heterocycles. The van der Waals surface area contributed by atoms with E-state index in [4.69, 9.17) is 5.26 Å². The van der Waals surface area contributed by atoms with Crippen molar-refractivity contribution >= 4 is 11.4 Å². The van der Waals surface area contributed by atoms with Crippen LogP contribution in [0.1, 0.15) is 30.6 Å². The summed E-state index contributed by atoms with van der Waals surface area (Å²) in [6.07, 6.45) is 2.87. The molecule has 0 saturated heterocycles. The third kappa shape index (κ3) is 3.39. The molecule has 0 aliphatic heterocycles. The molecular weight excluding hydrogens is 260 g/mol. The first-order valence-electron chi connectivity index (χ1n) is 7.06. The summed E-state index contributed by atoms with van der Waals surface area (Å²) < 4.78 is 0. The smallest absolute Gasteiger partial charge is 0.0992 e. The predicted octanol–water partition coefficient (Wildman–Crippen LogP) is 3.39. The Hall–Kier alpha value is -2.38. The predicted molar refractivity (Wildman–Crippen MR) is 85.5 cm³/mol. The van der Waals surface area contributed by atoms with Gasteiger partial charge in [0.25, 0.3) is 0 Å². The molecule has 4 heteroatoms. The van der Waals surface area contributed by atoms with Gasteiger partial charge in [0, 0.05) is 18.8 Å². The largest absolute Gasteiger partial charge is 0.343 e. The molecule has 108 valence electrons. The number of nitrogens with one attached hydrogen (secondary N) is 1. The molecule has 0 saturated carbocycles. The van der Waals surface area contributed by atoms with Crippen molar-refractivity contribution in [2.45, 2.75) is 19.4 Å². The number of rotatable bonds is 5. The molecule has 0 amide bonds. The molecule has 0 radical (unpaired) electrons. The maximum absolute atomic E-state index is 8.98. The van der Waals surface area contributed by atoms with Gasteiger partial charge in [-0.3, -0.25) is 4.98 Å². The molecule has 1 N–H and O–H groups in total. The van der Waals surface area contributed by atoms with Crippen molar-refractivity contribution in [2.75, 3.05) is 19.0 Å². The van der Waals surface area contributed by atoms with E-state index >= 15 is 0 Å². The summed E-state index contributed by atoms with van der Waals surface area (Å²) in [4.78, 5) is 6.57. The molecule has 2 rings (SSSR count). The molecule has 0 aliphatic rings. The van der Waals surface area contributed by atoms with Gasteiger partial charge in [0.2, 0.25) is 0 Å². The Morgan fingerprint density at radius 1 is 1.29 bits per heavy atom. The second-order valence-corrected chi connectivity index (χ2v) is 4.91. The van der Waals surface area contributed by atoms with E-state index in [1.165, 1.54) is 0 Å². The lowest BCUT2D eigenvalue weighted by Crippen LogP contribution is -2.17. The van der Waals surface area contributed by atoms with Gasteiger partial charge in [-0.25, -0.2) is 0 Å². The summed E-state index contributed by atoms with van der Waals surface area (Å²) in [6.45, 7) is 2.14. The average molecular weight is 280 g/mol. The number of anilines is 2. The van der Waals surface area contributed by atoms with Gasteiger partial charge in [0.15, 0.2) is 0 Å². The monoisotopic (exact) mass is 280 g/mol. The summed E-state index contributed by atoms with van der Waals surface area (Å²) in [7, 11) is 3.92. The van der Waals surface area contributed by atoms with E-state index in [1.807, 2.05) is 49.5 Å². The Morgan fingerprint density at radius 3 is 2.67 bits per heavy atom. The highest BCUT2D eigenvalue weighted by Crippen LogP contribution is 2.24. The van der Waals surface area contributed by atoms with Crippen molar-refractivity contribution in [3.05, 3.63) is 53.9 Å². The quantitative estimate of drug-likeness (QED) is 0.912. The molecule has 1 atom stereocenters. The topological polar surface area (TPSA) is 52.0 Å². The zero-order valence-electron chi connectivity index (χ0n) is 12.7. The van der Waals surface area contributed by atoms with Crippen molar-refractivity contribution in [3.63, 3.8) is 0 Å². The highest BCUT2D eigenvalue weighted by molar-refractivity contribution is 5.63. The summed E-state index contributed by atoms with van der Waals surface area (Å²) in [5.41, 5.74) is 3.68. The first-order chi connectivity index (χ1) is 10.2. The number of hydrogen-bond acceptors (Lipinski definition) is 4. The average Bonchev–Trinajstić information content (AvgIpc) is 2.56. The Bertz CT molecular complexity index is 624. The third-order valence-corrected chi connectivity index (χ3v) is 3.63. The standard InChI is InChI=1S/C17H20N4/c1-4-16(19-2)17-9-8-15(12-20-17)21(3)14-7-5-6-13(10-14)11-18/h5-10,12,16,19H,4H2,1-3H3. The second kappa shape index (κ2) is 6.87. The van der Waals surface area contributed by atoms with Crippen LogP contribution in [0.2, 0.25) is 0 Å². The van der Waals surface area contributed by atoms with E-state index < -0.39 is 0 Å². The molecule has 0 aliphatic carbocycles. The van der Waals surface area contributed by atoms with Gasteiger partial charge in [-0.2, -0.15) is 5.26 Å². The Balaban J connectivity index is 2.23. The van der Waals surface area contributed by atoms with Crippen molar-refractivity contribution in [2.24, 2.45) is 0 Å². The molecule has 0 bridgehead atoms. The van der Waals surface area contributed by atoms with Crippen LogP contribution >= 0.6 is 0 Å². The molecular formula is C17H20N4. The van der Waals surface area contributed by atoms with Crippen molar-refractivity contribution in [1.82, 2.24) is 10.3 Å². The van der Waals surface area contributed by atoms with Crippen LogP contribution in [0.3, 0.4) is 0 Å². The van der Waals surface area contributed by atoms with Gasteiger partial charge in [0.05, 0.1) is 29.2 Å². The number of hydrogen-bond donors (Lipinski definition) is 1. The normalized spacial score (nSPS) is 11.7. The summed E-state index contributed by atoms with van der Waals surface area (Å²) >= 11 is 0. The third-order valence-electron chi connectivity index (χ3n) is 3.63. The van der Waals surface area contributed by atoms with E-state index in [1.54, 1.807) is 6.07 Å². The first kappa shape index (κ1) is 15.0. The van der Waals surface area contributed by atoms with E-state index in [-0.39, 0.29) is 6.04 Å². The number of benzene rings is 1. The van der Waals surface area contributed by atoms with Crippen LogP contribution < -0.4 is 10.2 Å². The summed E-state index contributed by atoms with van der Waals surface area (Å²) in [5, 5.41) is 12.2. The van der Waals surface area contributed by atoms with Crippen molar-refractivity contribution in [3.8, 4) is 6.07 Å². The fourth-order valence-corrected chi connectivity index (χ4v) is 2.30. The van der Waals surface area contributed by atoms with Gasteiger partial charge in [0.1, 0.15) is 0 Å². The number of nitriles is 1. The van der Waals surface area contributed by atoms with Gasteiger partial charge < -0.3 is 10.2 Å². The lowest BCUT2D eigenvalue weighted by atomic mass is 10.1. The Labute approximate surface area is 126 Å². The molecule has 4 nitrogen and oxygen atoms in total. The van der Waals surface area contributed by atoms with Crippen LogP contribution in [0.15, 0.2) is 42.6 Å². The highest BCUT2D eigenvalue weighted by atomic mass is 15.1. The minimum atomic E-state index is 0.284. The van der Waals surface area contributed by atoms with Gasteiger partial charge in [-0.05, 0) is 43.8 Å². The molecule has 0 spiro atoms. The van der Waals surface area contributed by atoms with Gasteiger partial charge in [-0.15, -0.1) is 0 Å². The zero-order valence-corrected chi connectivity index (χ0v) is 12.7. The van der Waals surface area contributed by atoms with Crippen molar-refractivity contribution < 1.29 is 0 Å².